The zero-order chi connectivity index (χ0) is 14.8. The summed E-state index contributed by atoms with van der Waals surface area (Å²) in [5.74, 6) is 1.83. The Labute approximate surface area is 126 Å². The zero-order valence-electron chi connectivity index (χ0n) is 12.9. The normalized spacial score (nSPS) is 14.2. The molecule has 1 saturated carbocycles. The van der Waals surface area contributed by atoms with E-state index in [9.17, 15) is 0 Å². The first-order valence-corrected chi connectivity index (χ1v) is 7.56. The van der Waals surface area contributed by atoms with E-state index in [0.717, 1.165) is 34.9 Å². The molecule has 1 fully saturated rings. The summed E-state index contributed by atoms with van der Waals surface area (Å²) >= 11 is 0. The number of hydrogen-bond acceptors (Lipinski definition) is 3. The number of nitrogens with one attached hydrogen (secondary N) is 1. The van der Waals surface area contributed by atoms with Crippen LogP contribution in [0.3, 0.4) is 0 Å². The summed E-state index contributed by atoms with van der Waals surface area (Å²) in [7, 11) is 0. The van der Waals surface area contributed by atoms with E-state index in [4.69, 9.17) is 4.74 Å². The molecule has 110 valence electrons. The van der Waals surface area contributed by atoms with Gasteiger partial charge >= 0.3 is 0 Å². The van der Waals surface area contributed by atoms with E-state index < -0.39 is 0 Å². The summed E-state index contributed by atoms with van der Waals surface area (Å²) in [6, 6.07) is 8.99. The minimum absolute atomic E-state index is 0.680. The molecule has 1 heterocycles. The second-order valence-electron chi connectivity index (χ2n) is 5.96. The van der Waals surface area contributed by atoms with Crippen LogP contribution < -0.4 is 10.1 Å². The van der Waals surface area contributed by atoms with Crippen molar-refractivity contribution in [3.05, 3.63) is 52.8 Å². The smallest absolute Gasteiger partial charge is 0.135 e. The third-order valence-electron chi connectivity index (χ3n) is 3.80. The van der Waals surface area contributed by atoms with Crippen molar-refractivity contribution in [2.24, 2.45) is 0 Å². The van der Waals surface area contributed by atoms with Gasteiger partial charge in [-0.25, -0.2) is 0 Å². The van der Waals surface area contributed by atoms with Crippen LogP contribution in [-0.2, 0) is 6.54 Å². The lowest BCUT2D eigenvalue weighted by Gasteiger charge is -2.14. The van der Waals surface area contributed by atoms with Gasteiger partial charge in [0.2, 0.25) is 0 Å². The highest BCUT2D eigenvalue weighted by Crippen LogP contribution is 2.29. The summed E-state index contributed by atoms with van der Waals surface area (Å²) in [5.41, 5.74) is 4.45. The summed E-state index contributed by atoms with van der Waals surface area (Å²) in [6.07, 6.45) is 4.49. The maximum Gasteiger partial charge on any atom is 0.135 e. The molecule has 0 amide bonds. The van der Waals surface area contributed by atoms with Crippen LogP contribution >= 0.6 is 0 Å². The van der Waals surface area contributed by atoms with Crippen LogP contribution in [0.2, 0.25) is 0 Å². The number of pyridine rings is 1. The van der Waals surface area contributed by atoms with Crippen LogP contribution in [0.15, 0.2) is 30.5 Å². The van der Waals surface area contributed by atoms with Gasteiger partial charge in [0.25, 0.3) is 0 Å². The Bertz CT molecular complexity index is 648. The van der Waals surface area contributed by atoms with Gasteiger partial charge in [-0.05, 0) is 50.8 Å². The van der Waals surface area contributed by atoms with Gasteiger partial charge < -0.3 is 10.1 Å². The second kappa shape index (κ2) is 5.86. The van der Waals surface area contributed by atoms with E-state index in [0.29, 0.717) is 6.04 Å². The van der Waals surface area contributed by atoms with Crippen molar-refractivity contribution >= 4 is 0 Å². The standard InChI is InChI=1S/C18H22N2O/c1-12-4-5-13(2)17(8-12)21-18-9-14(3)19-10-15(18)11-20-16-6-7-16/h4-5,8-10,16,20H,6-7,11H2,1-3H3. The largest absolute Gasteiger partial charge is 0.457 e. The highest BCUT2D eigenvalue weighted by atomic mass is 16.5. The lowest BCUT2D eigenvalue weighted by atomic mass is 10.1. The third kappa shape index (κ3) is 3.61. The minimum atomic E-state index is 0.680. The molecule has 0 spiro atoms. The molecular formula is C18H22N2O. The Hall–Kier alpha value is -1.87. The van der Waals surface area contributed by atoms with E-state index in [2.05, 4.69) is 42.3 Å². The molecule has 3 nitrogen and oxygen atoms in total. The average Bonchev–Trinajstić information content (AvgIpc) is 3.26. The molecule has 3 heteroatoms. The minimum Gasteiger partial charge on any atom is -0.457 e. The number of hydrogen-bond donors (Lipinski definition) is 1. The first-order chi connectivity index (χ1) is 10.1. The van der Waals surface area contributed by atoms with Crippen LogP contribution in [-0.4, -0.2) is 11.0 Å². The van der Waals surface area contributed by atoms with Crippen molar-refractivity contribution in [1.82, 2.24) is 10.3 Å². The molecule has 1 N–H and O–H groups in total. The van der Waals surface area contributed by atoms with Crippen molar-refractivity contribution in [1.29, 1.82) is 0 Å². The molecule has 1 aliphatic rings. The van der Waals surface area contributed by atoms with Crippen LogP contribution in [0.4, 0.5) is 0 Å². The van der Waals surface area contributed by atoms with Gasteiger partial charge in [-0.3, -0.25) is 4.98 Å². The predicted molar refractivity (Wildman–Crippen MR) is 84.8 cm³/mol. The van der Waals surface area contributed by atoms with Gasteiger partial charge in [0.1, 0.15) is 11.5 Å². The Morgan fingerprint density at radius 3 is 2.71 bits per heavy atom. The fourth-order valence-electron chi connectivity index (χ4n) is 2.27. The Kier molecular flexibility index (Phi) is 3.93. The van der Waals surface area contributed by atoms with Crippen molar-refractivity contribution < 1.29 is 4.74 Å². The third-order valence-corrected chi connectivity index (χ3v) is 3.80. The highest BCUT2D eigenvalue weighted by Gasteiger charge is 2.21. The first-order valence-electron chi connectivity index (χ1n) is 7.56. The van der Waals surface area contributed by atoms with Crippen molar-refractivity contribution in [3.8, 4) is 11.5 Å². The van der Waals surface area contributed by atoms with E-state index in [1.165, 1.54) is 18.4 Å². The monoisotopic (exact) mass is 282 g/mol. The van der Waals surface area contributed by atoms with E-state index in [-0.39, 0.29) is 0 Å². The highest BCUT2D eigenvalue weighted by molar-refractivity contribution is 5.42. The Morgan fingerprint density at radius 2 is 1.95 bits per heavy atom. The molecule has 21 heavy (non-hydrogen) atoms. The topological polar surface area (TPSA) is 34.1 Å². The van der Waals surface area contributed by atoms with Crippen LogP contribution in [0.5, 0.6) is 11.5 Å². The molecule has 3 rings (SSSR count). The molecule has 1 aromatic carbocycles. The van der Waals surface area contributed by atoms with Crippen LogP contribution in [0, 0.1) is 20.8 Å². The van der Waals surface area contributed by atoms with Crippen molar-refractivity contribution in [2.75, 3.05) is 0 Å². The van der Waals surface area contributed by atoms with Crippen LogP contribution in [0.1, 0.15) is 35.2 Å². The van der Waals surface area contributed by atoms with E-state index >= 15 is 0 Å². The molecule has 0 radical (unpaired) electrons. The second-order valence-corrected chi connectivity index (χ2v) is 5.96. The van der Waals surface area contributed by atoms with Gasteiger partial charge in [-0.1, -0.05) is 12.1 Å². The SMILES string of the molecule is Cc1ccc(C)c(Oc2cc(C)ncc2CNC2CC2)c1. The molecule has 1 aliphatic carbocycles. The molecule has 0 saturated heterocycles. The van der Waals surface area contributed by atoms with Crippen LogP contribution in [0.25, 0.3) is 0 Å². The van der Waals surface area contributed by atoms with Gasteiger partial charge in [0, 0.05) is 36.1 Å². The Balaban J connectivity index is 1.85. The summed E-state index contributed by atoms with van der Waals surface area (Å²) < 4.78 is 6.17. The molecule has 2 aromatic rings. The first kappa shape index (κ1) is 14.1. The van der Waals surface area contributed by atoms with Crippen molar-refractivity contribution in [2.45, 2.75) is 46.2 Å². The number of rotatable bonds is 5. The van der Waals surface area contributed by atoms with Gasteiger partial charge in [-0.2, -0.15) is 0 Å². The number of aromatic nitrogens is 1. The zero-order valence-corrected chi connectivity index (χ0v) is 12.9. The maximum atomic E-state index is 6.17. The molecule has 1 aromatic heterocycles. The molecule has 0 aliphatic heterocycles. The lowest BCUT2D eigenvalue weighted by molar-refractivity contribution is 0.467. The summed E-state index contributed by atoms with van der Waals surface area (Å²) in [5, 5.41) is 3.52. The fraction of sp³-hybridized carbons (Fsp3) is 0.389. The Morgan fingerprint density at radius 1 is 1.14 bits per heavy atom. The average molecular weight is 282 g/mol. The number of aryl methyl sites for hydroxylation is 3. The molecule has 0 bridgehead atoms. The van der Waals surface area contributed by atoms with Crippen molar-refractivity contribution in [3.63, 3.8) is 0 Å². The molecule has 0 unspecified atom stereocenters. The molecular weight excluding hydrogens is 260 g/mol. The summed E-state index contributed by atoms with van der Waals surface area (Å²) in [6.45, 7) is 6.97. The summed E-state index contributed by atoms with van der Waals surface area (Å²) in [4.78, 5) is 4.40. The predicted octanol–water partition coefficient (Wildman–Crippen LogP) is 4.05. The maximum absolute atomic E-state index is 6.17. The number of ether oxygens (including phenoxy) is 1. The van der Waals surface area contributed by atoms with Gasteiger partial charge in [0.05, 0.1) is 0 Å². The van der Waals surface area contributed by atoms with Gasteiger partial charge in [-0.15, -0.1) is 0 Å². The number of benzene rings is 1. The molecule has 0 atom stereocenters. The lowest BCUT2D eigenvalue weighted by Crippen LogP contribution is -2.16. The van der Waals surface area contributed by atoms with E-state index in [1.54, 1.807) is 0 Å². The quantitative estimate of drug-likeness (QED) is 0.898. The number of nitrogens with zero attached hydrogens (tertiary/aromatic N) is 1. The van der Waals surface area contributed by atoms with E-state index in [1.807, 2.05) is 19.2 Å². The van der Waals surface area contributed by atoms with Gasteiger partial charge in [0.15, 0.2) is 0 Å². The fourth-order valence-corrected chi connectivity index (χ4v) is 2.27.